The summed E-state index contributed by atoms with van der Waals surface area (Å²) in [4.78, 5) is 36.0. The number of carbonyl (C=O) groups excluding carboxylic acids is 1. The lowest BCUT2D eigenvalue weighted by Crippen LogP contribution is -2.62. The number of nitrogens with one attached hydrogen (secondary N) is 1. The topological polar surface area (TPSA) is 87.8 Å². The fourth-order valence-corrected chi connectivity index (χ4v) is 4.65. The second-order valence-electron chi connectivity index (χ2n) is 10.8. The zero-order valence-corrected chi connectivity index (χ0v) is 19.4. The molecule has 1 aromatic carbocycles. The molecule has 3 heterocycles. The van der Waals surface area contributed by atoms with Crippen LogP contribution in [0.3, 0.4) is 0 Å². The average molecular weight is 459 g/mol. The molecule has 1 aliphatic carbocycles. The van der Waals surface area contributed by atoms with E-state index in [4.69, 9.17) is 9.47 Å². The van der Waals surface area contributed by atoms with Crippen LogP contribution in [0.4, 0.5) is 15.1 Å². The molecule has 178 valence electrons. The molecule has 5 rings (SSSR count). The molecular formula is C24H31FN4O4. The Morgan fingerprint density at radius 2 is 1.94 bits per heavy atom. The van der Waals surface area contributed by atoms with Crippen molar-refractivity contribution in [2.75, 3.05) is 37.7 Å². The molecule has 2 aliphatic heterocycles. The lowest BCUT2D eigenvalue weighted by molar-refractivity contribution is -0.0435. The van der Waals surface area contributed by atoms with Gasteiger partial charge in [0.05, 0.1) is 12.1 Å². The molecule has 1 amide bonds. The molecule has 3 aliphatic rings. The summed E-state index contributed by atoms with van der Waals surface area (Å²) < 4.78 is 25.7. The predicted molar refractivity (Wildman–Crippen MR) is 122 cm³/mol. The second kappa shape index (κ2) is 7.88. The number of halogens is 1. The number of likely N-dealkylation sites (tertiary alicyclic amines) is 1. The van der Waals surface area contributed by atoms with Crippen molar-refractivity contribution in [3.63, 3.8) is 0 Å². The number of hydrogen-bond donors (Lipinski definition) is 1. The molecule has 3 fully saturated rings. The van der Waals surface area contributed by atoms with Crippen LogP contribution in [0.5, 0.6) is 5.75 Å². The number of benzene rings is 1. The highest BCUT2D eigenvalue weighted by atomic mass is 19.1. The van der Waals surface area contributed by atoms with Gasteiger partial charge in [0.1, 0.15) is 22.6 Å². The molecular weight excluding hydrogens is 427 g/mol. The third-order valence-electron chi connectivity index (χ3n) is 6.73. The largest absolute Gasteiger partial charge is 0.493 e. The van der Waals surface area contributed by atoms with Crippen molar-refractivity contribution in [1.82, 2.24) is 14.9 Å². The van der Waals surface area contributed by atoms with Crippen LogP contribution >= 0.6 is 0 Å². The van der Waals surface area contributed by atoms with E-state index in [1.54, 1.807) is 11.0 Å². The van der Waals surface area contributed by atoms with Crippen LogP contribution in [0.1, 0.15) is 46.5 Å². The van der Waals surface area contributed by atoms with E-state index in [-0.39, 0.29) is 16.9 Å². The van der Waals surface area contributed by atoms with Gasteiger partial charge in [-0.25, -0.2) is 14.2 Å². The summed E-state index contributed by atoms with van der Waals surface area (Å²) in [7, 11) is 0. The van der Waals surface area contributed by atoms with E-state index in [0.29, 0.717) is 55.9 Å². The molecule has 0 radical (unpaired) electrons. The highest BCUT2D eigenvalue weighted by molar-refractivity contribution is 5.81. The molecule has 1 saturated carbocycles. The molecule has 0 unspecified atom stereocenters. The number of aromatic amines is 1. The smallest absolute Gasteiger partial charge is 0.410 e. The average Bonchev–Trinajstić information content (AvgIpc) is 3.53. The Labute approximate surface area is 192 Å². The van der Waals surface area contributed by atoms with Gasteiger partial charge in [0, 0.05) is 43.7 Å². The Morgan fingerprint density at radius 1 is 1.24 bits per heavy atom. The molecule has 1 N–H and O–H groups in total. The van der Waals surface area contributed by atoms with Crippen molar-refractivity contribution in [2.45, 2.75) is 52.1 Å². The van der Waals surface area contributed by atoms with Gasteiger partial charge in [-0.15, -0.1) is 0 Å². The maximum absolute atomic E-state index is 14.6. The van der Waals surface area contributed by atoms with E-state index in [9.17, 15) is 14.0 Å². The quantitative estimate of drug-likeness (QED) is 0.752. The maximum atomic E-state index is 14.6. The van der Waals surface area contributed by atoms with Crippen LogP contribution in [-0.4, -0.2) is 59.3 Å². The number of anilines is 1. The maximum Gasteiger partial charge on any atom is 0.410 e. The lowest BCUT2D eigenvalue weighted by atomic mass is 9.72. The summed E-state index contributed by atoms with van der Waals surface area (Å²) in [5, 5.41) is -0.0435. The van der Waals surface area contributed by atoms with E-state index in [1.165, 1.54) is 6.07 Å². The Balaban J connectivity index is 1.26. The van der Waals surface area contributed by atoms with Gasteiger partial charge in [0.15, 0.2) is 0 Å². The van der Waals surface area contributed by atoms with Crippen LogP contribution in [0, 0.1) is 17.2 Å². The summed E-state index contributed by atoms with van der Waals surface area (Å²) in [5.74, 6) is 0.785. The van der Waals surface area contributed by atoms with Gasteiger partial charge >= 0.3 is 6.09 Å². The molecule has 1 spiro atoms. The zero-order chi connectivity index (χ0) is 23.4. The number of fused-ring (bicyclic) bond motifs is 1. The first-order valence-corrected chi connectivity index (χ1v) is 11.7. The fourth-order valence-electron chi connectivity index (χ4n) is 4.65. The minimum Gasteiger partial charge on any atom is -0.493 e. The first-order chi connectivity index (χ1) is 15.6. The molecule has 0 bridgehead atoms. The molecule has 0 atom stereocenters. The highest BCUT2D eigenvalue weighted by Gasteiger charge is 2.48. The summed E-state index contributed by atoms with van der Waals surface area (Å²) in [6.07, 6.45) is 3.78. The van der Waals surface area contributed by atoms with E-state index < -0.39 is 17.0 Å². The second-order valence-corrected chi connectivity index (χ2v) is 10.8. The summed E-state index contributed by atoms with van der Waals surface area (Å²) >= 11 is 0. The molecule has 9 heteroatoms. The zero-order valence-electron chi connectivity index (χ0n) is 19.4. The SMILES string of the molecule is CC(C)(C)OC(=O)N1CC2(CCN(c3nc4cc(OCC5CC5)cc(F)c4c(=O)[nH]3)CC2)C1. The van der Waals surface area contributed by atoms with Gasteiger partial charge in [-0.1, -0.05) is 0 Å². The van der Waals surface area contributed by atoms with Gasteiger partial charge in [-0.2, -0.15) is 0 Å². The Kier molecular flexibility index (Phi) is 5.25. The number of ether oxygens (including phenoxy) is 2. The number of rotatable bonds is 4. The van der Waals surface area contributed by atoms with Crippen LogP contribution in [-0.2, 0) is 4.74 Å². The number of carbonyl (C=O) groups is 1. The monoisotopic (exact) mass is 458 g/mol. The van der Waals surface area contributed by atoms with Gasteiger partial charge in [0.2, 0.25) is 5.95 Å². The van der Waals surface area contributed by atoms with Crippen LogP contribution in [0.2, 0.25) is 0 Å². The minimum absolute atomic E-state index is 0.0435. The number of hydrogen-bond acceptors (Lipinski definition) is 6. The van der Waals surface area contributed by atoms with Crippen molar-refractivity contribution in [1.29, 1.82) is 0 Å². The number of nitrogens with zero attached hydrogens (tertiary/aromatic N) is 3. The molecule has 33 heavy (non-hydrogen) atoms. The van der Waals surface area contributed by atoms with E-state index in [0.717, 1.165) is 25.7 Å². The summed E-state index contributed by atoms with van der Waals surface area (Å²) in [6, 6.07) is 2.91. The van der Waals surface area contributed by atoms with E-state index >= 15 is 0 Å². The third kappa shape index (κ3) is 4.63. The van der Waals surface area contributed by atoms with Crippen molar-refractivity contribution < 1.29 is 18.7 Å². The first kappa shape index (κ1) is 22.0. The van der Waals surface area contributed by atoms with Gasteiger partial charge < -0.3 is 19.3 Å². The van der Waals surface area contributed by atoms with E-state index in [2.05, 4.69) is 9.97 Å². The first-order valence-electron chi connectivity index (χ1n) is 11.7. The minimum atomic E-state index is -0.618. The van der Waals surface area contributed by atoms with Crippen molar-refractivity contribution in [3.8, 4) is 5.75 Å². The third-order valence-corrected chi connectivity index (χ3v) is 6.73. The highest BCUT2D eigenvalue weighted by Crippen LogP contribution is 2.41. The Hall–Kier alpha value is -2.84. The van der Waals surface area contributed by atoms with Crippen molar-refractivity contribution in [2.24, 2.45) is 11.3 Å². The molecule has 2 aromatic rings. The normalized spacial score (nSPS) is 20.1. The number of aromatic nitrogens is 2. The molecule has 8 nitrogen and oxygen atoms in total. The van der Waals surface area contributed by atoms with Crippen molar-refractivity contribution in [3.05, 3.63) is 28.3 Å². The summed E-state index contributed by atoms with van der Waals surface area (Å²) in [5.41, 5.74) is -0.597. The van der Waals surface area contributed by atoms with Crippen LogP contribution < -0.4 is 15.2 Å². The van der Waals surface area contributed by atoms with Crippen molar-refractivity contribution >= 4 is 22.9 Å². The molecule has 2 saturated heterocycles. The number of piperidine rings is 1. The van der Waals surface area contributed by atoms with Gasteiger partial charge in [-0.05, 0) is 52.4 Å². The lowest BCUT2D eigenvalue weighted by Gasteiger charge is -2.53. The summed E-state index contributed by atoms with van der Waals surface area (Å²) in [6.45, 7) is 8.94. The van der Waals surface area contributed by atoms with E-state index in [1.807, 2.05) is 25.7 Å². The van der Waals surface area contributed by atoms with Crippen LogP contribution in [0.25, 0.3) is 10.9 Å². The van der Waals surface area contributed by atoms with Gasteiger partial charge in [0.25, 0.3) is 5.56 Å². The standard InChI is InChI=1S/C24H31FN4O4/c1-23(2,3)33-22(31)29-13-24(14-29)6-8-28(9-7-24)21-26-18-11-16(32-12-15-4-5-15)10-17(25)19(18)20(30)27-21/h10-11,15H,4-9,12-14H2,1-3H3,(H,26,27,30). The fraction of sp³-hybridized carbons (Fsp3) is 0.625. The van der Waals surface area contributed by atoms with Crippen LogP contribution in [0.15, 0.2) is 16.9 Å². The Morgan fingerprint density at radius 3 is 2.58 bits per heavy atom. The number of H-pyrrole nitrogens is 1. The van der Waals surface area contributed by atoms with Gasteiger partial charge in [-0.3, -0.25) is 9.78 Å². The predicted octanol–water partition coefficient (Wildman–Crippen LogP) is 3.69. The number of amides is 1. The Bertz CT molecular complexity index is 1120. The molecule has 1 aromatic heterocycles.